The van der Waals surface area contributed by atoms with Gasteiger partial charge in [0.15, 0.2) is 0 Å². The predicted molar refractivity (Wildman–Crippen MR) is 101 cm³/mol. The van der Waals surface area contributed by atoms with E-state index in [0.29, 0.717) is 23.0 Å². The molecule has 1 aliphatic heterocycles. The number of aromatic nitrogens is 4. The number of nitriles is 1. The summed E-state index contributed by atoms with van der Waals surface area (Å²) in [6.07, 6.45) is 1.87. The molecule has 0 bridgehead atoms. The van der Waals surface area contributed by atoms with Crippen molar-refractivity contribution in [2.75, 3.05) is 29.0 Å². The molecule has 0 aliphatic carbocycles. The minimum absolute atomic E-state index is 0.0894. The number of aryl methyl sites for hydroxylation is 2. The maximum absolute atomic E-state index is 13.4. The second-order valence-electron chi connectivity index (χ2n) is 6.84. The van der Waals surface area contributed by atoms with Crippen LogP contribution in [0.2, 0.25) is 0 Å². The van der Waals surface area contributed by atoms with E-state index in [9.17, 15) is 14.0 Å². The first-order valence-electron chi connectivity index (χ1n) is 8.63. The first kappa shape index (κ1) is 17.9. The molecule has 4 rings (SSSR count). The summed E-state index contributed by atoms with van der Waals surface area (Å²) in [7, 11) is 1.88. The molecule has 0 aromatic carbocycles. The quantitative estimate of drug-likeness (QED) is 0.710. The van der Waals surface area contributed by atoms with Gasteiger partial charge in [-0.1, -0.05) is 0 Å². The molecule has 1 aliphatic rings. The molecule has 28 heavy (non-hydrogen) atoms. The SMILES string of the molecule is Cc1nc(N)c(C#N)c(NCc2nc3ccn(C)c3cc2N2CC(F)(F)C2)n1. The lowest BCUT2D eigenvalue weighted by Crippen LogP contribution is -2.56. The minimum Gasteiger partial charge on any atom is -0.382 e. The molecule has 3 aromatic heterocycles. The Morgan fingerprint density at radius 3 is 2.75 bits per heavy atom. The Morgan fingerprint density at radius 2 is 2.07 bits per heavy atom. The Kier molecular flexibility index (Phi) is 4.03. The van der Waals surface area contributed by atoms with E-state index in [0.717, 1.165) is 11.0 Å². The third-order valence-electron chi connectivity index (χ3n) is 4.69. The number of pyridine rings is 1. The molecule has 0 amide bonds. The number of halogens is 2. The first-order valence-corrected chi connectivity index (χ1v) is 8.63. The van der Waals surface area contributed by atoms with Crippen LogP contribution in [0.25, 0.3) is 11.0 Å². The smallest absolute Gasteiger partial charge is 0.282 e. The van der Waals surface area contributed by atoms with Crippen LogP contribution >= 0.6 is 0 Å². The van der Waals surface area contributed by atoms with Gasteiger partial charge in [0, 0.05) is 13.2 Å². The van der Waals surface area contributed by atoms with Crippen molar-refractivity contribution in [3.63, 3.8) is 0 Å². The van der Waals surface area contributed by atoms with Gasteiger partial charge in [0.05, 0.1) is 42.0 Å². The maximum atomic E-state index is 13.4. The van der Waals surface area contributed by atoms with E-state index in [-0.39, 0.29) is 31.0 Å². The van der Waals surface area contributed by atoms with Crippen molar-refractivity contribution in [2.24, 2.45) is 7.05 Å². The summed E-state index contributed by atoms with van der Waals surface area (Å²) in [6, 6.07) is 5.71. The summed E-state index contributed by atoms with van der Waals surface area (Å²) in [5.41, 5.74) is 8.77. The highest BCUT2D eigenvalue weighted by molar-refractivity contribution is 5.81. The van der Waals surface area contributed by atoms with Crippen molar-refractivity contribution in [1.29, 1.82) is 5.26 Å². The molecule has 0 saturated carbocycles. The van der Waals surface area contributed by atoms with Gasteiger partial charge < -0.3 is 20.5 Å². The highest BCUT2D eigenvalue weighted by Gasteiger charge is 2.44. The third-order valence-corrected chi connectivity index (χ3v) is 4.69. The topological polar surface area (TPSA) is 109 Å². The lowest BCUT2D eigenvalue weighted by atomic mass is 10.1. The van der Waals surface area contributed by atoms with Gasteiger partial charge in [-0.3, -0.25) is 0 Å². The number of nitrogens with one attached hydrogen (secondary N) is 1. The first-order chi connectivity index (χ1) is 13.3. The summed E-state index contributed by atoms with van der Waals surface area (Å²) in [6.45, 7) is 1.18. The zero-order chi connectivity index (χ0) is 20.1. The summed E-state index contributed by atoms with van der Waals surface area (Å²) >= 11 is 0. The van der Waals surface area contributed by atoms with Crippen molar-refractivity contribution in [3.8, 4) is 6.07 Å². The van der Waals surface area contributed by atoms with Crippen LogP contribution in [0.1, 0.15) is 17.1 Å². The lowest BCUT2D eigenvalue weighted by molar-refractivity contribution is -0.0263. The number of nitrogens with zero attached hydrogens (tertiary/aromatic N) is 6. The summed E-state index contributed by atoms with van der Waals surface area (Å²) in [4.78, 5) is 14.4. The van der Waals surface area contributed by atoms with Gasteiger partial charge in [0.2, 0.25) is 0 Å². The van der Waals surface area contributed by atoms with Crippen molar-refractivity contribution < 1.29 is 8.78 Å². The average Bonchev–Trinajstić information content (AvgIpc) is 2.96. The monoisotopic (exact) mass is 384 g/mol. The molecule has 0 spiro atoms. The van der Waals surface area contributed by atoms with Crippen LogP contribution in [0, 0.1) is 18.3 Å². The van der Waals surface area contributed by atoms with E-state index in [1.807, 2.05) is 36.0 Å². The van der Waals surface area contributed by atoms with Gasteiger partial charge in [-0.2, -0.15) is 5.26 Å². The van der Waals surface area contributed by atoms with Crippen molar-refractivity contribution in [1.82, 2.24) is 19.5 Å². The van der Waals surface area contributed by atoms with E-state index in [1.165, 1.54) is 0 Å². The second kappa shape index (κ2) is 6.30. The van der Waals surface area contributed by atoms with Crippen LogP contribution < -0.4 is 16.0 Å². The number of anilines is 3. The fraction of sp³-hybridized carbons (Fsp3) is 0.333. The fourth-order valence-electron chi connectivity index (χ4n) is 3.30. The zero-order valence-corrected chi connectivity index (χ0v) is 15.4. The lowest BCUT2D eigenvalue weighted by Gasteiger charge is -2.41. The zero-order valence-electron chi connectivity index (χ0n) is 15.4. The second-order valence-corrected chi connectivity index (χ2v) is 6.84. The molecule has 3 aromatic rings. The van der Waals surface area contributed by atoms with Crippen LogP contribution in [0.3, 0.4) is 0 Å². The maximum Gasteiger partial charge on any atom is 0.282 e. The third kappa shape index (κ3) is 3.05. The molecule has 8 nitrogen and oxygen atoms in total. The van der Waals surface area contributed by atoms with E-state index in [1.54, 1.807) is 11.8 Å². The van der Waals surface area contributed by atoms with Gasteiger partial charge in [-0.05, 0) is 19.1 Å². The van der Waals surface area contributed by atoms with Gasteiger partial charge >= 0.3 is 0 Å². The number of alkyl halides is 2. The summed E-state index contributed by atoms with van der Waals surface area (Å²) in [5, 5.41) is 12.4. The van der Waals surface area contributed by atoms with E-state index in [4.69, 9.17) is 5.73 Å². The Hall–Kier alpha value is -3.48. The number of fused-ring (bicyclic) bond motifs is 1. The van der Waals surface area contributed by atoms with Crippen LogP contribution in [-0.4, -0.2) is 38.5 Å². The predicted octanol–water partition coefficient (Wildman–Crippen LogP) is 2.19. The Bertz CT molecular complexity index is 1110. The Balaban J connectivity index is 1.70. The Labute approximate surface area is 159 Å². The molecule has 1 saturated heterocycles. The summed E-state index contributed by atoms with van der Waals surface area (Å²) < 4.78 is 28.7. The van der Waals surface area contributed by atoms with E-state index in [2.05, 4.69) is 20.3 Å². The largest absolute Gasteiger partial charge is 0.382 e. The van der Waals surface area contributed by atoms with Crippen molar-refractivity contribution >= 4 is 28.4 Å². The molecule has 4 heterocycles. The molecule has 10 heteroatoms. The number of hydrogen-bond acceptors (Lipinski definition) is 7. The molecule has 144 valence electrons. The molecule has 3 N–H and O–H groups in total. The number of nitrogens with two attached hydrogens (primary N) is 1. The minimum atomic E-state index is -2.69. The van der Waals surface area contributed by atoms with Gasteiger partial charge in [-0.15, -0.1) is 0 Å². The molecule has 0 radical (unpaired) electrons. The van der Waals surface area contributed by atoms with Gasteiger partial charge in [0.1, 0.15) is 29.1 Å². The Morgan fingerprint density at radius 1 is 1.32 bits per heavy atom. The van der Waals surface area contributed by atoms with E-state index >= 15 is 0 Å². The van der Waals surface area contributed by atoms with Crippen molar-refractivity contribution in [2.45, 2.75) is 19.4 Å². The van der Waals surface area contributed by atoms with Crippen LogP contribution in [0.4, 0.5) is 26.1 Å². The number of hydrogen-bond donors (Lipinski definition) is 2. The normalized spacial score (nSPS) is 15.3. The molecule has 1 fully saturated rings. The highest BCUT2D eigenvalue weighted by Crippen LogP contribution is 2.35. The van der Waals surface area contributed by atoms with Crippen LogP contribution in [-0.2, 0) is 13.6 Å². The summed E-state index contributed by atoms with van der Waals surface area (Å²) in [5.74, 6) is -1.89. The number of nitrogen functional groups attached to an aromatic ring is 1. The van der Waals surface area contributed by atoms with Gasteiger partial charge in [0.25, 0.3) is 5.92 Å². The molecule has 0 atom stereocenters. The van der Waals surface area contributed by atoms with Crippen LogP contribution in [0.15, 0.2) is 18.3 Å². The van der Waals surface area contributed by atoms with Crippen LogP contribution in [0.5, 0.6) is 0 Å². The van der Waals surface area contributed by atoms with Gasteiger partial charge in [-0.25, -0.2) is 23.7 Å². The number of rotatable bonds is 4. The molecule has 0 unspecified atom stereocenters. The standard InChI is InChI=1S/C18H18F2N8/c1-10-24-16(22)11(6-21)17(25-10)23-7-13-15(28-8-18(19,20)9-28)5-14-12(26-13)3-4-27(14)2/h3-5H,7-9H2,1-2H3,(H3,22,23,24,25). The fourth-order valence-corrected chi connectivity index (χ4v) is 3.30. The van der Waals surface area contributed by atoms with E-state index < -0.39 is 5.92 Å². The molecular weight excluding hydrogens is 366 g/mol. The highest BCUT2D eigenvalue weighted by atomic mass is 19.3. The molecular formula is C18H18F2N8. The average molecular weight is 384 g/mol. The van der Waals surface area contributed by atoms with Crippen molar-refractivity contribution in [3.05, 3.63) is 35.4 Å².